The van der Waals surface area contributed by atoms with Crippen LogP contribution in [0.15, 0.2) is 16.7 Å². The van der Waals surface area contributed by atoms with Crippen molar-refractivity contribution in [1.29, 1.82) is 0 Å². The van der Waals surface area contributed by atoms with Crippen LogP contribution in [0.25, 0.3) is 0 Å². The van der Waals surface area contributed by atoms with Crippen molar-refractivity contribution in [1.82, 2.24) is 9.88 Å². The number of hydrogen-bond donors (Lipinski definition) is 1. The van der Waals surface area contributed by atoms with Crippen molar-refractivity contribution in [3.05, 3.63) is 21.9 Å². The summed E-state index contributed by atoms with van der Waals surface area (Å²) in [6.45, 7) is 8.07. The van der Waals surface area contributed by atoms with Gasteiger partial charge in [-0.15, -0.1) is 0 Å². The van der Waals surface area contributed by atoms with Gasteiger partial charge < -0.3 is 10.2 Å². The average Bonchev–Trinajstić information content (AvgIpc) is 2.35. The third kappa shape index (κ3) is 4.62. The molecule has 0 bridgehead atoms. The molecule has 1 aliphatic heterocycles. The highest BCUT2D eigenvalue weighted by Crippen LogP contribution is 2.25. The smallest absolute Gasteiger partial charge is 0.152 e. The third-order valence-electron chi connectivity index (χ3n) is 3.38. The summed E-state index contributed by atoms with van der Waals surface area (Å²) in [5, 5.41) is 4.06. The molecule has 0 saturated carbocycles. The monoisotopic (exact) mass is 345 g/mol. The summed E-state index contributed by atoms with van der Waals surface area (Å²) in [7, 11) is 0. The van der Waals surface area contributed by atoms with E-state index in [4.69, 9.17) is 11.6 Å². The van der Waals surface area contributed by atoms with Gasteiger partial charge >= 0.3 is 0 Å². The van der Waals surface area contributed by atoms with Crippen LogP contribution in [0.5, 0.6) is 0 Å². The fraction of sp³-hybridized carbons (Fsp3) is 0.643. The van der Waals surface area contributed by atoms with E-state index >= 15 is 0 Å². The zero-order chi connectivity index (χ0) is 13.8. The minimum atomic E-state index is 0.497. The molecule has 1 aliphatic rings. The third-order valence-corrected chi connectivity index (χ3v) is 4.11. The molecule has 1 aromatic rings. The molecule has 1 aromatic heterocycles. The summed E-state index contributed by atoms with van der Waals surface area (Å²) in [6, 6.07) is 2.49. The van der Waals surface area contributed by atoms with Gasteiger partial charge in [0.15, 0.2) is 5.15 Å². The Balaban J connectivity index is 1.87. The first-order valence-corrected chi connectivity index (χ1v) is 8.01. The van der Waals surface area contributed by atoms with E-state index in [9.17, 15) is 0 Å². The fourth-order valence-electron chi connectivity index (χ4n) is 2.52. The molecule has 5 heteroatoms. The SMILES string of the molecule is CC(C)CN1CCC(Nc2cc(Br)cnc2Cl)CC1. The molecule has 1 saturated heterocycles. The predicted octanol–water partition coefficient (Wildman–Crippen LogP) is 4.03. The minimum absolute atomic E-state index is 0.497. The number of nitrogens with zero attached hydrogens (tertiary/aromatic N) is 2. The van der Waals surface area contributed by atoms with Crippen molar-refractivity contribution in [3.8, 4) is 0 Å². The number of likely N-dealkylation sites (tertiary alicyclic amines) is 1. The van der Waals surface area contributed by atoms with Gasteiger partial charge in [0.05, 0.1) is 5.69 Å². The molecular weight excluding hydrogens is 326 g/mol. The van der Waals surface area contributed by atoms with Crippen LogP contribution in [0, 0.1) is 5.92 Å². The first-order valence-electron chi connectivity index (χ1n) is 6.84. The number of hydrogen-bond acceptors (Lipinski definition) is 3. The first kappa shape index (κ1) is 15.1. The van der Waals surface area contributed by atoms with Gasteiger partial charge in [0, 0.05) is 36.3 Å². The van der Waals surface area contributed by atoms with E-state index in [1.165, 1.54) is 6.54 Å². The lowest BCUT2D eigenvalue weighted by molar-refractivity contribution is 0.198. The quantitative estimate of drug-likeness (QED) is 0.834. The number of piperidine rings is 1. The lowest BCUT2D eigenvalue weighted by Gasteiger charge is -2.33. The van der Waals surface area contributed by atoms with E-state index in [0.29, 0.717) is 11.2 Å². The summed E-state index contributed by atoms with van der Waals surface area (Å²) in [5.74, 6) is 0.744. The van der Waals surface area contributed by atoms with E-state index in [2.05, 4.69) is 45.0 Å². The summed E-state index contributed by atoms with van der Waals surface area (Å²) in [6.07, 6.45) is 4.05. The van der Waals surface area contributed by atoms with Crippen molar-refractivity contribution in [3.63, 3.8) is 0 Å². The van der Waals surface area contributed by atoms with Crippen LogP contribution in [0.2, 0.25) is 5.15 Å². The molecule has 1 fully saturated rings. The number of aromatic nitrogens is 1. The van der Waals surface area contributed by atoms with Crippen LogP contribution in [0.1, 0.15) is 26.7 Å². The second-order valence-corrected chi connectivity index (χ2v) is 6.88. The van der Waals surface area contributed by atoms with Gasteiger partial charge in [0.2, 0.25) is 0 Å². The van der Waals surface area contributed by atoms with Crippen LogP contribution >= 0.6 is 27.5 Å². The molecule has 0 spiro atoms. The van der Waals surface area contributed by atoms with Crippen LogP contribution in [-0.4, -0.2) is 35.6 Å². The summed E-state index contributed by atoms with van der Waals surface area (Å²) in [5.41, 5.74) is 0.929. The van der Waals surface area contributed by atoms with Crippen molar-refractivity contribution in [2.24, 2.45) is 5.92 Å². The van der Waals surface area contributed by atoms with Gasteiger partial charge in [-0.1, -0.05) is 25.4 Å². The van der Waals surface area contributed by atoms with Crippen LogP contribution in [0.4, 0.5) is 5.69 Å². The van der Waals surface area contributed by atoms with Crippen molar-refractivity contribution in [2.75, 3.05) is 25.0 Å². The summed E-state index contributed by atoms with van der Waals surface area (Å²) in [4.78, 5) is 6.69. The largest absolute Gasteiger partial charge is 0.380 e. The topological polar surface area (TPSA) is 28.2 Å². The number of anilines is 1. The molecule has 0 radical (unpaired) electrons. The van der Waals surface area contributed by atoms with E-state index in [-0.39, 0.29) is 0 Å². The number of halogens is 2. The Hall–Kier alpha value is -0.320. The molecule has 1 N–H and O–H groups in total. The molecule has 0 atom stereocenters. The second-order valence-electron chi connectivity index (χ2n) is 5.60. The molecule has 3 nitrogen and oxygen atoms in total. The molecule has 0 amide bonds. The molecule has 0 aromatic carbocycles. The van der Waals surface area contributed by atoms with Gasteiger partial charge in [-0.05, 0) is 40.8 Å². The number of rotatable bonds is 4. The van der Waals surface area contributed by atoms with Crippen LogP contribution < -0.4 is 5.32 Å². The predicted molar refractivity (Wildman–Crippen MR) is 84.9 cm³/mol. The van der Waals surface area contributed by atoms with Gasteiger partial charge in [-0.3, -0.25) is 0 Å². The standard InChI is InChI=1S/C14H21BrClN3/c1-10(2)9-19-5-3-12(4-6-19)18-13-7-11(15)8-17-14(13)16/h7-8,10,12,18H,3-6,9H2,1-2H3. The fourth-order valence-corrected chi connectivity index (χ4v) is 3.01. The van der Waals surface area contributed by atoms with E-state index in [1.807, 2.05) is 6.07 Å². The zero-order valence-electron chi connectivity index (χ0n) is 11.5. The molecule has 0 unspecified atom stereocenters. The Labute approximate surface area is 128 Å². The summed E-state index contributed by atoms with van der Waals surface area (Å²) < 4.78 is 0.955. The number of nitrogens with one attached hydrogen (secondary N) is 1. The maximum absolute atomic E-state index is 6.11. The van der Waals surface area contributed by atoms with Gasteiger partial charge in [0.25, 0.3) is 0 Å². The summed E-state index contributed by atoms with van der Waals surface area (Å²) >= 11 is 9.54. The van der Waals surface area contributed by atoms with Gasteiger partial charge in [-0.2, -0.15) is 0 Å². The molecule has 2 rings (SSSR count). The van der Waals surface area contributed by atoms with Crippen molar-refractivity contribution < 1.29 is 0 Å². The van der Waals surface area contributed by atoms with Crippen LogP contribution in [-0.2, 0) is 0 Å². The highest BCUT2D eigenvalue weighted by Gasteiger charge is 2.20. The van der Waals surface area contributed by atoms with Crippen molar-refractivity contribution in [2.45, 2.75) is 32.7 Å². The molecular formula is C14H21BrClN3. The highest BCUT2D eigenvalue weighted by molar-refractivity contribution is 9.10. The Morgan fingerprint density at radius 1 is 1.47 bits per heavy atom. The molecule has 0 aliphatic carbocycles. The minimum Gasteiger partial charge on any atom is -0.380 e. The molecule has 19 heavy (non-hydrogen) atoms. The van der Waals surface area contributed by atoms with Crippen LogP contribution in [0.3, 0.4) is 0 Å². The molecule has 106 valence electrons. The van der Waals surface area contributed by atoms with E-state index < -0.39 is 0 Å². The first-order chi connectivity index (χ1) is 9.04. The normalized spacial score (nSPS) is 17.9. The Kier molecular flexibility index (Phi) is 5.48. The van der Waals surface area contributed by atoms with Gasteiger partial charge in [0.1, 0.15) is 0 Å². The average molecular weight is 347 g/mol. The lowest BCUT2D eigenvalue weighted by Crippen LogP contribution is -2.40. The molecule has 2 heterocycles. The van der Waals surface area contributed by atoms with E-state index in [1.54, 1.807) is 6.20 Å². The maximum atomic E-state index is 6.11. The lowest BCUT2D eigenvalue weighted by atomic mass is 10.0. The Morgan fingerprint density at radius 3 is 2.79 bits per heavy atom. The van der Waals surface area contributed by atoms with Crippen molar-refractivity contribution >= 4 is 33.2 Å². The highest BCUT2D eigenvalue weighted by atomic mass is 79.9. The Morgan fingerprint density at radius 2 is 2.16 bits per heavy atom. The zero-order valence-corrected chi connectivity index (χ0v) is 13.8. The van der Waals surface area contributed by atoms with E-state index in [0.717, 1.165) is 42.0 Å². The maximum Gasteiger partial charge on any atom is 0.152 e. The Bertz CT molecular complexity index is 417. The van der Waals surface area contributed by atoms with Gasteiger partial charge in [-0.25, -0.2) is 4.98 Å². The second kappa shape index (κ2) is 6.91. The number of pyridine rings is 1.